The number of likely N-dealkylation sites (N-methyl/N-ethyl adjacent to an activating group) is 1. The topological polar surface area (TPSA) is 156 Å². The van der Waals surface area contributed by atoms with Crippen LogP contribution in [0.2, 0.25) is 5.02 Å². The third-order valence-corrected chi connectivity index (χ3v) is 11.1. The maximum Gasteiger partial charge on any atom is 0.409 e. The normalized spacial score (nSPS) is 29.9. The Labute approximate surface area is 322 Å². The zero-order valence-electron chi connectivity index (χ0n) is 32.2. The van der Waals surface area contributed by atoms with E-state index in [1.165, 1.54) is 31.1 Å². The predicted octanol–water partition coefficient (Wildman–Crippen LogP) is 5.00. The van der Waals surface area contributed by atoms with Gasteiger partial charge in [0.05, 0.1) is 25.3 Å². The Morgan fingerprint density at radius 2 is 1.94 bits per heavy atom. The van der Waals surface area contributed by atoms with Gasteiger partial charge in [-0.05, 0) is 51.3 Å². The number of hydrogen-bond acceptors (Lipinski definition) is 11. The van der Waals surface area contributed by atoms with Crippen molar-refractivity contribution in [2.45, 2.75) is 120 Å². The molecule has 2 fully saturated rings. The number of methoxy groups -OCH3 is 2. The lowest BCUT2D eigenvalue weighted by Gasteiger charge is -2.42. The molecule has 0 saturated carbocycles. The zero-order chi connectivity index (χ0) is 39.6. The molecule has 0 aliphatic carbocycles. The summed E-state index contributed by atoms with van der Waals surface area (Å²) in [6, 6.07) is 2.60. The van der Waals surface area contributed by atoms with E-state index < -0.39 is 65.7 Å². The van der Waals surface area contributed by atoms with Crippen molar-refractivity contribution < 1.29 is 48.0 Å². The Kier molecular flexibility index (Phi) is 13.3. The summed E-state index contributed by atoms with van der Waals surface area (Å²) in [5, 5.41) is 14.5. The highest BCUT2D eigenvalue weighted by Gasteiger charge is 2.64. The second-order valence-corrected chi connectivity index (χ2v) is 16.8. The molecule has 3 aliphatic rings. The van der Waals surface area contributed by atoms with Crippen molar-refractivity contribution >= 4 is 53.8 Å². The standard InChI is InChI=1S/C38H54ClN3O10S/c1-21-12-11-13-28(49-10)38(47)20-27(50-35(46)40-38)22(2)33-37(6,52-33)29(51-34(45)23(3)41(7)30(43)14-15-36(4,5)53)19-31(44)42(8)25-17-24(16-21)18-26(48-9)32(25)39/h11-13,17-18,22-23,27-29,33,47,53H,14-16,19-20H2,1-10H3,(H,40,46)/t22-,23+,27+,28-,29-,33+,37+,38+/m1/s1. The first-order valence-corrected chi connectivity index (χ1v) is 18.5. The van der Waals surface area contributed by atoms with Crippen LogP contribution in [0.25, 0.3) is 0 Å². The van der Waals surface area contributed by atoms with Crippen LogP contribution in [0, 0.1) is 5.92 Å². The molecule has 13 nitrogen and oxygen atoms in total. The van der Waals surface area contributed by atoms with Gasteiger partial charge in [0.2, 0.25) is 11.8 Å². The number of esters is 1. The summed E-state index contributed by atoms with van der Waals surface area (Å²) in [5.74, 6) is -1.58. The molecule has 0 spiro atoms. The Hall–Kier alpha value is -3.30. The van der Waals surface area contributed by atoms with Crippen molar-refractivity contribution in [1.29, 1.82) is 0 Å². The summed E-state index contributed by atoms with van der Waals surface area (Å²) in [4.78, 5) is 56.5. The van der Waals surface area contributed by atoms with E-state index in [1.54, 1.807) is 52.1 Å². The van der Waals surface area contributed by atoms with Crippen molar-refractivity contribution in [1.82, 2.24) is 10.2 Å². The summed E-state index contributed by atoms with van der Waals surface area (Å²) in [5.41, 5.74) is -0.916. The fraction of sp³-hybridized carbons (Fsp3) is 0.632. The van der Waals surface area contributed by atoms with Crippen LogP contribution in [0.3, 0.4) is 0 Å². The number of alkyl carbamates (subject to hydrolysis) is 1. The number of amides is 3. The molecule has 1 aromatic rings. The highest BCUT2D eigenvalue weighted by molar-refractivity contribution is 7.81. The minimum atomic E-state index is -1.83. The summed E-state index contributed by atoms with van der Waals surface area (Å²) in [6.45, 7) is 10.8. The second-order valence-electron chi connectivity index (χ2n) is 15.2. The highest BCUT2D eigenvalue weighted by atomic mass is 35.5. The zero-order valence-corrected chi connectivity index (χ0v) is 33.9. The minimum absolute atomic E-state index is 0.0509. The van der Waals surface area contributed by atoms with Gasteiger partial charge in [0.15, 0.2) is 5.72 Å². The molecule has 3 aliphatic heterocycles. The minimum Gasteiger partial charge on any atom is -0.495 e. The first-order valence-electron chi connectivity index (χ1n) is 17.7. The number of ether oxygens (including phenoxy) is 5. The molecule has 15 heteroatoms. The molecule has 0 unspecified atom stereocenters. The van der Waals surface area contributed by atoms with Crippen molar-refractivity contribution in [2.24, 2.45) is 5.92 Å². The lowest BCUT2D eigenvalue weighted by molar-refractivity contribution is -0.162. The van der Waals surface area contributed by atoms with Gasteiger partial charge in [-0.15, -0.1) is 0 Å². The number of carbonyl (C=O) groups excluding carboxylic acids is 4. The molecule has 0 radical (unpaired) electrons. The number of benzene rings is 1. The molecular formula is C38H54ClN3O10S. The average molecular weight is 780 g/mol. The van der Waals surface area contributed by atoms with Gasteiger partial charge < -0.3 is 38.6 Å². The molecule has 8 atom stereocenters. The van der Waals surface area contributed by atoms with E-state index in [-0.39, 0.29) is 34.9 Å². The van der Waals surface area contributed by atoms with Gasteiger partial charge >= 0.3 is 12.1 Å². The molecule has 4 rings (SSSR count). The van der Waals surface area contributed by atoms with Gasteiger partial charge in [0, 0.05) is 44.7 Å². The third kappa shape index (κ3) is 9.88. The Bertz CT molecular complexity index is 1630. The number of hydrogen-bond donors (Lipinski definition) is 3. The quantitative estimate of drug-likeness (QED) is 0.187. The van der Waals surface area contributed by atoms with Gasteiger partial charge in [-0.2, -0.15) is 12.6 Å². The Morgan fingerprint density at radius 1 is 1.26 bits per heavy atom. The van der Waals surface area contributed by atoms with E-state index in [0.29, 0.717) is 24.3 Å². The average Bonchev–Trinajstić information content (AvgIpc) is 3.78. The first-order chi connectivity index (χ1) is 24.6. The molecule has 3 amide bonds. The summed E-state index contributed by atoms with van der Waals surface area (Å²) < 4.78 is 28.8. The van der Waals surface area contributed by atoms with E-state index in [4.69, 9.17) is 35.3 Å². The van der Waals surface area contributed by atoms with Crippen LogP contribution < -0.4 is 15.0 Å². The van der Waals surface area contributed by atoms with Gasteiger partial charge in [-0.25, -0.2) is 9.59 Å². The van der Waals surface area contributed by atoms with Crippen LogP contribution in [-0.2, 0) is 39.8 Å². The van der Waals surface area contributed by atoms with E-state index in [2.05, 4.69) is 17.9 Å². The summed E-state index contributed by atoms with van der Waals surface area (Å²) in [6.07, 6.45) is 1.61. The second kappa shape index (κ2) is 16.6. The number of carbonyl (C=O) groups is 4. The monoisotopic (exact) mass is 779 g/mol. The molecular weight excluding hydrogens is 726 g/mol. The molecule has 3 heterocycles. The largest absolute Gasteiger partial charge is 0.495 e. The third-order valence-electron chi connectivity index (χ3n) is 10.5. The molecule has 4 bridgehead atoms. The first kappa shape index (κ1) is 42.4. The molecule has 2 N–H and O–H groups in total. The van der Waals surface area contributed by atoms with Gasteiger partial charge in [-0.3, -0.25) is 14.9 Å². The maximum absolute atomic E-state index is 14.1. The SMILES string of the molecule is COc1cc2cc(c1Cl)N(C)C(=O)C[C@@H](OC(=O)[C@H](C)N(C)C(=O)CCC(C)(C)S)[C@]1(C)O[C@H]1[C@H](C)[C@@H]1C[C@@](O)(NC(=O)O1)[C@H](OC)C=CC=C(C)C2. The smallest absolute Gasteiger partial charge is 0.409 e. The van der Waals surface area contributed by atoms with Crippen molar-refractivity contribution in [2.75, 3.05) is 33.2 Å². The van der Waals surface area contributed by atoms with Crippen molar-refractivity contribution in [3.05, 3.63) is 46.5 Å². The lowest BCUT2D eigenvalue weighted by atomic mass is 9.83. The molecule has 0 aromatic heterocycles. The predicted molar refractivity (Wildman–Crippen MR) is 203 cm³/mol. The number of nitrogens with one attached hydrogen (secondary N) is 1. The number of epoxide rings is 1. The van der Waals surface area contributed by atoms with Crippen LogP contribution in [0.5, 0.6) is 5.75 Å². The number of fused-ring (bicyclic) bond motifs is 5. The molecule has 2 saturated heterocycles. The van der Waals surface area contributed by atoms with Crippen molar-refractivity contribution in [3.8, 4) is 5.75 Å². The fourth-order valence-corrected chi connectivity index (χ4v) is 7.23. The Balaban J connectivity index is 1.74. The lowest BCUT2D eigenvalue weighted by Crippen LogP contribution is -2.63. The molecule has 294 valence electrons. The number of aliphatic hydroxyl groups is 1. The number of nitrogens with zero attached hydrogens (tertiary/aromatic N) is 2. The van der Waals surface area contributed by atoms with Crippen LogP contribution in [0.4, 0.5) is 10.5 Å². The number of anilines is 1. The number of allylic oxidation sites excluding steroid dienone is 3. The Morgan fingerprint density at radius 3 is 2.57 bits per heavy atom. The fourth-order valence-electron chi connectivity index (χ4n) is 6.81. The van der Waals surface area contributed by atoms with Crippen molar-refractivity contribution in [3.63, 3.8) is 0 Å². The van der Waals surface area contributed by atoms with Gasteiger partial charge in [0.1, 0.15) is 40.7 Å². The summed E-state index contributed by atoms with van der Waals surface area (Å²) in [7, 11) is 6.02. The van der Waals surface area contributed by atoms with Crippen LogP contribution in [0.1, 0.15) is 72.8 Å². The van der Waals surface area contributed by atoms with E-state index >= 15 is 0 Å². The van der Waals surface area contributed by atoms with Crippen LogP contribution in [0.15, 0.2) is 35.9 Å². The maximum atomic E-state index is 14.1. The molecule has 1 aromatic carbocycles. The van der Waals surface area contributed by atoms with E-state index in [0.717, 1.165) is 11.1 Å². The van der Waals surface area contributed by atoms with Gasteiger partial charge in [0.25, 0.3) is 0 Å². The van der Waals surface area contributed by atoms with E-state index in [9.17, 15) is 24.3 Å². The number of halogens is 1. The van der Waals surface area contributed by atoms with Gasteiger partial charge in [-0.1, -0.05) is 56.2 Å². The molecule has 53 heavy (non-hydrogen) atoms. The highest BCUT2D eigenvalue weighted by Crippen LogP contribution is 2.49. The number of rotatable bonds is 8. The van der Waals surface area contributed by atoms with E-state index in [1.807, 2.05) is 26.8 Å². The number of thiol groups is 1. The van der Waals surface area contributed by atoms with Crippen LogP contribution in [-0.4, -0.2) is 109 Å². The van der Waals surface area contributed by atoms with Crippen LogP contribution >= 0.6 is 24.2 Å². The summed E-state index contributed by atoms with van der Waals surface area (Å²) >= 11 is 11.3.